The minimum atomic E-state index is -0.892. The predicted molar refractivity (Wildman–Crippen MR) is 67.8 cm³/mol. The van der Waals surface area contributed by atoms with Gasteiger partial charge >= 0.3 is 5.97 Å². The van der Waals surface area contributed by atoms with E-state index in [0.717, 1.165) is 6.42 Å². The van der Waals surface area contributed by atoms with Crippen LogP contribution in [0, 0.1) is 13.8 Å². The van der Waals surface area contributed by atoms with Crippen LogP contribution >= 0.6 is 0 Å². The maximum Gasteiger partial charge on any atom is 0.305 e. The molecular formula is C13H17N3O3. The number of carbonyl (C=O) groups is 2. The third kappa shape index (κ3) is 2.89. The quantitative estimate of drug-likeness (QED) is 0.852. The average Bonchev–Trinajstić information content (AvgIpc) is 2.25. The standard InChI is InChI=1S/C13H17N3O3/c1-8-10(7-14-9(2)15-8)12(19)16-13(4-3-5-13)6-11(17)18/h7H,3-6H2,1-2H3,(H,16,19)(H,17,18). The molecule has 0 unspecified atom stereocenters. The molecule has 6 heteroatoms. The number of amides is 1. The number of hydrogen-bond acceptors (Lipinski definition) is 4. The van der Waals surface area contributed by atoms with Crippen LogP contribution in [0.15, 0.2) is 6.20 Å². The van der Waals surface area contributed by atoms with E-state index in [2.05, 4.69) is 15.3 Å². The molecule has 2 rings (SSSR count). The summed E-state index contributed by atoms with van der Waals surface area (Å²) in [5.41, 5.74) is 0.414. The normalized spacial score (nSPS) is 16.5. The van der Waals surface area contributed by atoms with Gasteiger partial charge < -0.3 is 10.4 Å². The van der Waals surface area contributed by atoms with Crippen LogP contribution in [0.5, 0.6) is 0 Å². The Balaban J connectivity index is 2.13. The number of nitrogens with one attached hydrogen (secondary N) is 1. The van der Waals surface area contributed by atoms with Gasteiger partial charge in [-0.05, 0) is 33.1 Å². The van der Waals surface area contributed by atoms with E-state index in [4.69, 9.17) is 5.11 Å². The van der Waals surface area contributed by atoms with Crippen molar-refractivity contribution in [2.75, 3.05) is 0 Å². The molecule has 102 valence electrons. The number of carbonyl (C=O) groups excluding carboxylic acids is 1. The molecule has 0 atom stereocenters. The highest BCUT2D eigenvalue weighted by molar-refractivity contribution is 5.95. The fraction of sp³-hybridized carbons (Fsp3) is 0.538. The van der Waals surface area contributed by atoms with Crippen molar-refractivity contribution in [1.29, 1.82) is 0 Å². The number of nitrogens with zero attached hydrogens (tertiary/aromatic N) is 2. The van der Waals surface area contributed by atoms with Gasteiger partial charge in [-0.1, -0.05) is 0 Å². The van der Waals surface area contributed by atoms with Gasteiger partial charge in [0.05, 0.1) is 23.2 Å². The number of hydrogen-bond donors (Lipinski definition) is 2. The van der Waals surface area contributed by atoms with Crippen molar-refractivity contribution >= 4 is 11.9 Å². The van der Waals surface area contributed by atoms with Crippen LogP contribution in [0.2, 0.25) is 0 Å². The zero-order valence-corrected chi connectivity index (χ0v) is 11.1. The third-order valence-electron chi connectivity index (χ3n) is 3.52. The first-order valence-corrected chi connectivity index (χ1v) is 6.26. The minimum Gasteiger partial charge on any atom is -0.481 e. The van der Waals surface area contributed by atoms with E-state index < -0.39 is 11.5 Å². The van der Waals surface area contributed by atoms with Gasteiger partial charge in [0.1, 0.15) is 5.82 Å². The smallest absolute Gasteiger partial charge is 0.305 e. The fourth-order valence-corrected chi connectivity index (χ4v) is 2.35. The molecule has 1 fully saturated rings. The summed E-state index contributed by atoms with van der Waals surface area (Å²) < 4.78 is 0. The Kier molecular flexibility index (Phi) is 3.50. The van der Waals surface area contributed by atoms with Gasteiger partial charge in [-0.25, -0.2) is 9.97 Å². The second-order valence-corrected chi connectivity index (χ2v) is 5.07. The van der Waals surface area contributed by atoms with Crippen LogP contribution < -0.4 is 5.32 Å². The van der Waals surface area contributed by atoms with Crippen molar-refractivity contribution in [3.8, 4) is 0 Å². The summed E-state index contributed by atoms with van der Waals surface area (Å²) >= 11 is 0. The second-order valence-electron chi connectivity index (χ2n) is 5.07. The molecule has 2 N–H and O–H groups in total. The van der Waals surface area contributed by atoms with Crippen LogP contribution in [0.1, 0.15) is 47.6 Å². The lowest BCUT2D eigenvalue weighted by atomic mass is 9.74. The van der Waals surface area contributed by atoms with Gasteiger partial charge in [0.15, 0.2) is 0 Å². The third-order valence-corrected chi connectivity index (χ3v) is 3.52. The van der Waals surface area contributed by atoms with Gasteiger partial charge in [-0.3, -0.25) is 9.59 Å². The monoisotopic (exact) mass is 263 g/mol. The Labute approximate surface area is 111 Å². The first-order valence-electron chi connectivity index (χ1n) is 6.26. The van der Waals surface area contributed by atoms with Crippen molar-refractivity contribution in [1.82, 2.24) is 15.3 Å². The molecule has 1 aromatic heterocycles. The molecular weight excluding hydrogens is 246 g/mol. The van der Waals surface area contributed by atoms with Gasteiger partial charge in [0.2, 0.25) is 0 Å². The molecule has 0 bridgehead atoms. The summed E-state index contributed by atoms with van der Waals surface area (Å²) in [7, 11) is 0. The zero-order valence-electron chi connectivity index (χ0n) is 11.1. The summed E-state index contributed by atoms with van der Waals surface area (Å²) in [6.07, 6.45) is 3.80. The van der Waals surface area contributed by atoms with Crippen molar-refractivity contribution in [3.63, 3.8) is 0 Å². The Morgan fingerprint density at radius 1 is 1.42 bits per heavy atom. The van der Waals surface area contributed by atoms with E-state index >= 15 is 0 Å². The van der Waals surface area contributed by atoms with Crippen LogP contribution in [0.25, 0.3) is 0 Å². The van der Waals surface area contributed by atoms with Crippen LogP contribution in [0.3, 0.4) is 0 Å². The second kappa shape index (κ2) is 4.95. The summed E-state index contributed by atoms with van der Waals surface area (Å²) in [6, 6.07) is 0. The summed E-state index contributed by atoms with van der Waals surface area (Å²) in [5.74, 6) is -0.576. The minimum absolute atomic E-state index is 0.0372. The maximum atomic E-state index is 12.2. The van der Waals surface area contributed by atoms with Crippen molar-refractivity contribution in [3.05, 3.63) is 23.3 Å². The Hall–Kier alpha value is -1.98. The molecule has 1 aliphatic rings. The van der Waals surface area contributed by atoms with E-state index in [-0.39, 0.29) is 12.3 Å². The first kappa shape index (κ1) is 13.5. The van der Waals surface area contributed by atoms with E-state index in [9.17, 15) is 9.59 Å². The Morgan fingerprint density at radius 2 is 2.11 bits per heavy atom. The van der Waals surface area contributed by atoms with Crippen molar-refractivity contribution in [2.45, 2.75) is 45.1 Å². The van der Waals surface area contributed by atoms with Crippen LogP contribution in [0.4, 0.5) is 0 Å². The molecule has 1 amide bonds. The molecule has 0 saturated heterocycles. The molecule has 19 heavy (non-hydrogen) atoms. The lowest BCUT2D eigenvalue weighted by Crippen LogP contribution is -2.54. The van der Waals surface area contributed by atoms with Gasteiger partial charge in [-0.2, -0.15) is 0 Å². The Bertz CT molecular complexity index is 524. The van der Waals surface area contributed by atoms with Crippen molar-refractivity contribution < 1.29 is 14.7 Å². The maximum absolute atomic E-state index is 12.2. The number of aliphatic carboxylic acids is 1. The highest BCUT2D eigenvalue weighted by Gasteiger charge is 2.40. The molecule has 0 radical (unpaired) electrons. The average molecular weight is 263 g/mol. The summed E-state index contributed by atoms with van der Waals surface area (Å²) in [5, 5.41) is 11.8. The topological polar surface area (TPSA) is 92.2 Å². The molecule has 1 aromatic rings. The molecule has 0 aromatic carbocycles. The highest BCUT2D eigenvalue weighted by atomic mass is 16.4. The Morgan fingerprint density at radius 3 is 2.58 bits per heavy atom. The summed E-state index contributed by atoms with van der Waals surface area (Å²) in [4.78, 5) is 31.2. The lowest BCUT2D eigenvalue weighted by molar-refractivity contribution is -0.139. The molecule has 1 aliphatic carbocycles. The fourth-order valence-electron chi connectivity index (χ4n) is 2.35. The largest absolute Gasteiger partial charge is 0.481 e. The number of rotatable bonds is 4. The molecule has 1 saturated carbocycles. The van der Waals surface area contributed by atoms with E-state index in [1.165, 1.54) is 6.20 Å². The van der Waals surface area contributed by atoms with Crippen molar-refractivity contribution in [2.24, 2.45) is 0 Å². The first-order chi connectivity index (χ1) is 8.92. The number of aromatic nitrogens is 2. The number of aryl methyl sites for hydroxylation is 2. The van der Waals surface area contributed by atoms with Gasteiger partial charge in [0, 0.05) is 6.20 Å². The summed E-state index contributed by atoms with van der Waals surface area (Å²) in [6.45, 7) is 3.50. The van der Waals surface area contributed by atoms with Crippen LogP contribution in [-0.2, 0) is 4.79 Å². The van der Waals surface area contributed by atoms with Gasteiger partial charge in [0.25, 0.3) is 5.91 Å². The molecule has 6 nitrogen and oxygen atoms in total. The predicted octanol–water partition coefficient (Wildman–Crippen LogP) is 1.22. The molecule has 1 heterocycles. The van der Waals surface area contributed by atoms with Crippen LogP contribution in [-0.4, -0.2) is 32.5 Å². The zero-order chi connectivity index (χ0) is 14.0. The highest BCUT2D eigenvalue weighted by Crippen LogP contribution is 2.35. The lowest BCUT2D eigenvalue weighted by Gasteiger charge is -2.41. The van der Waals surface area contributed by atoms with Gasteiger partial charge in [-0.15, -0.1) is 0 Å². The van der Waals surface area contributed by atoms with E-state index in [0.29, 0.717) is 29.9 Å². The molecule has 0 spiro atoms. The number of carboxylic acid groups (broad SMARTS) is 1. The number of carboxylic acids is 1. The van der Waals surface area contributed by atoms with E-state index in [1.807, 2.05) is 0 Å². The SMILES string of the molecule is Cc1ncc(C(=O)NC2(CC(=O)O)CCC2)c(C)n1. The molecule has 0 aliphatic heterocycles. The van der Waals surface area contributed by atoms with E-state index in [1.54, 1.807) is 13.8 Å².